The van der Waals surface area contributed by atoms with E-state index >= 15 is 0 Å². The molecule has 0 bridgehead atoms. The van der Waals surface area contributed by atoms with E-state index in [1.54, 1.807) is 21.0 Å². The van der Waals surface area contributed by atoms with Crippen LogP contribution in [0.25, 0.3) is 0 Å². The maximum atomic E-state index is 11.9. The monoisotopic (exact) mass is 227 g/mol. The number of rotatable bonds is 2. The Morgan fingerprint density at radius 3 is 2.25 bits per heavy atom. The summed E-state index contributed by atoms with van der Waals surface area (Å²) in [7, 11) is 3.32. The summed E-state index contributed by atoms with van der Waals surface area (Å²) < 4.78 is 0. The van der Waals surface area contributed by atoms with E-state index in [-0.39, 0.29) is 11.9 Å². The van der Waals surface area contributed by atoms with Gasteiger partial charge in [-0.1, -0.05) is 0 Å². The van der Waals surface area contributed by atoms with Crippen LogP contribution in [0.5, 0.6) is 0 Å². The quantitative estimate of drug-likeness (QED) is 0.753. The number of hydrogen-bond donors (Lipinski definition) is 1. The van der Waals surface area contributed by atoms with Crippen LogP contribution >= 0.6 is 0 Å². The maximum Gasteiger partial charge on any atom is 0.317 e. The first-order valence-corrected chi connectivity index (χ1v) is 5.79. The van der Waals surface area contributed by atoms with Gasteiger partial charge in [-0.05, 0) is 26.2 Å². The van der Waals surface area contributed by atoms with E-state index in [1.165, 1.54) is 11.3 Å². The predicted molar refractivity (Wildman–Crippen MR) is 62.1 cm³/mol. The fraction of sp³-hybridized carbons (Fsp3) is 0.818. The molecule has 1 aliphatic heterocycles. The Hall–Kier alpha value is -1.26. The zero-order valence-corrected chi connectivity index (χ0v) is 10.3. The Balaban J connectivity index is 2.43. The largest absolute Gasteiger partial charge is 0.341 e. The van der Waals surface area contributed by atoms with Gasteiger partial charge in [-0.25, -0.2) is 4.79 Å². The van der Waals surface area contributed by atoms with Gasteiger partial charge < -0.3 is 15.1 Å². The van der Waals surface area contributed by atoms with E-state index < -0.39 is 6.04 Å². The molecule has 1 atom stereocenters. The lowest BCUT2D eigenvalue weighted by molar-refractivity contribution is -0.133. The number of urea groups is 1. The second-order valence-corrected chi connectivity index (χ2v) is 4.45. The summed E-state index contributed by atoms with van der Waals surface area (Å²) in [5.41, 5.74) is 0. The first kappa shape index (κ1) is 12.8. The van der Waals surface area contributed by atoms with Gasteiger partial charge in [-0.3, -0.25) is 4.79 Å². The van der Waals surface area contributed by atoms with Crippen LogP contribution in [0.15, 0.2) is 0 Å². The van der Waals surface area contributed by atoms with Gasteiger partial charge in [0, 0.05) is 27.2 Å². The molecule has 1 rings (SSSR count). The lowest BCUT2D eigenvalue weighted by atomic mass is 10.1. The predicted octanol–water partition coefficient (Wildman–Crippen LogP) is 0.659. The van der Waals surface area contributed by atoms with Crippen molar-refractivity contribution in [2.75, 3.05) is 27.2 Å². The number of nitrogens with zero attached hydrogens (tertiary/aromatic N) is 2. The van der Waals surface area contributed by atoms with Gasteiger partial charge in [-0.15, -0.1) is 0 Å². The molecule has 0 aromatic carbocycles. The minimum atomic E-state index is -0.437. The van der Waals surface area contributed by atoms with Crippen LogP contribution in [0.4, 0.5) is 4.79 Å². The summed E-state index contributed by atoms with van der Waals surface area (Å²) in [5, 5.41) is 2.67. The topological polar surface area (TPSA) is 52.7 Å². The van der Waals surface area contributed by atoms with Crippen LogP contribution in [0, 0.1) is 0 Å². The van der Waals surface area contributed by atoms with E-state index in [9.17, 15) is 9.59 Å². The average molecular weight is 227 g/mol. The van der Waals surface area contributed by atoms with Crippen molar-refractivity contribution in [3.05, 3.63) is 0 Å². The van der Waals surface area contributed by atoms with Gasteiger partial charge in [0.05, 0.1) is 0 Å². The Morgan fingerprint density at radius 2 is 1.75 bits per heavy atom. The van der Waals surface area contributed by atoms with Crippen molar-refractivity contribution < 1.29 is 9.59 Å². The first-order chi connectivity index (χ1) is 7.52. The molecular formula is C11H21N3O2. The van der Waals surface area contributed by atoms with Crippen molar-refractivity contribution in [1.29, 1.82) is 0 Å². The van der Waals surface area contributed by atoms with Crippen molar-refractivity contribution >= 4 is 11.9 Å². The number of carbonyl (C=O) groups is 2. The van der Waals surface area contributed by atoms with Gasteiger partial charge >= 0.3 is 6.03 Å². The average Bonchev–Trinajstić information content (AvgIpc) is 2.28. The van der Waals surface area contributed by atoms with Gasteiger partial charge in [0.2, 0.25) is 5.91 Å². The van der Waals surface area contributed by atoms with Gasteiger partial charge in [0.1, 0.15) is 6.04 Å². The molecule has 0 aromatic heterocycles. The zero-order chi connectivity index (χ0) is 12.1. The molecule has 5 heteroatoms. The molecule has 5 nitrogen and oxygen atoms in total. The lowest BCUT2D eigenvalue weighted by Crippen LogP contribution is -2.50. The second kappa shape index (κ2) is 5.72. The highest BCUT2D eigenvalue weighted by molar-refractivity contribution is 5.86. The molecule has 1 unspecified atom stereocenters. The summed E-state index contributed by atoms with van der Waals surface area (Å²) in [5.74, 6) is 0.0231. The van der Waals surface area contributed by atoms with Crippen molar-refractivity contribution in [2.45, 2.75) is 32.2 Å². The molecule has 1 fully saturated rings. The molecule has 0 radical (unpaired) electrons. The van der Waals surface area contributed by atoms with Crippen molar-refractivity contribution in [3.63, 3.8) is 0 Å². The number of amides is 3. The highest BCUT2D eigenvalue weighted by Crippen LogP contribution is 2.09. The molecule has 92 valence electrons. The SMILES string of the molecule is CC(NC(=O)N(C)C)C(=O)N1CCCCC1. The Kier molecular flexibility index (Phi) is 4.58. The molecular weight excluding hydrogens is 206 g/mol. The number of nitrogens with one attached hydrogen (secondary N) is 1. The van der Waals surface area contributed by atoms with Crippen LogP contribution < -0.4 is 5.32 Å². The number of piperidine rings is 1. The second-order valence-electron chi connectivity index (χ2n) is 4.45. The van der Waals surface area contributed by atoms with Crippen molar-refractivity contribution in [2.24, 2.45) is 0 Å². The third-order valence-corrected chi connectivity index (χ3v) is 2.78. The van der Waals surface area contributed by atoms with Crippen LogP contribution in [-0.2, 0) is 4.79 Å². The number of hydrogen-bond acceptors (Lipinski definition) is 2. The van der Waals surface area contributed by atoms with Gasteiger partial charge in [0.25, 0.3) is 0 Å². The van der Waals surface area contributed by atoms with E-state index in [1.807, 2.05) is 4.90 Å². The van der Waals surface area contributed by atoms with E-state index in [2.05, 4.69) is 5.32 Å². The fourth-order valence-corrected chi connectivity index (χ4v) is 1.76. The Bertz CT molecular complexity index is 260. The zero-order valence-electron chi connectivity index (χ0n) is 10.3. The lowest BCUT2D eigenvalue weighted by Gasteiger charge is -2.29. The maximum absolute atomic E-state index is 11.9. The smallest absolute Gasteiger partial charge is 0.317 e. The third kappa shape index (κ3) is 3.40. The summed E-state index contributed by atoms with van der Waals surface area (Å²) in [6.07, 6.45) is 3.34. The molecule has 3 amide bonds. The van der Waals surface area contributed by atoms with Crippen molar-refractivity contribution in [1.82, 2.24) is 15.1 Å². The van der Waals surface area contributed by atoms with Crippen molar-refractivity contribution in [3.8, 4) is 0 Å². The summed E-state index contributed by atoms with van der Waals surface area (Å²) in [6, 6.07) is -0.661. The van der Waals surface area contributed by atoms with E-state index in [0.717, 1.165) is 25.9 Å². The number of likely N-dealkylation sites (tertiary alicyclic amines) is 1. The van der Waals surface area contributed by atoms with Crippen LogP contribution in [0.2, 0.25) is 0 Å². The summed E-state index contributed by atoms with van der Waals surface area (Å²) >= 11 is 0. The molecule has 1 aliphatic rings. The molecule has 0 spiro atoms. The molecule has 16 heavy (non-hydrogen) atoms. The summed E-state index contributed by atoms with van der Waals surface area (Å²) in [4.78, 5) is 26.6. The Labute approximate surface area is 96.8 Å². The molecule has 1 saturated heterocycles. The molecule has 1 N–H and O–H groups in total. The molecule has 0 aliphatic carbocycles. The van der Waals surface area contributed by atoms with Gasteiger partial charge in [0.15, 0.2) is 0 Å². The van der Waals surface area contributed by atoms with E-state index in [4.69, 9.17) is 0 Å². The minimum absolute atomic E-state index is 0.0231. The molecule has 1 heterocycles. The standard InChI is InChI=1S/C11H21N3O2/c1-9(12-11(16)13(2)3)10(15)14-7-5-4-6-8-14/h9H,4-8H2,1-3H3,(H,12,16). The van der Waals surface area contributed by atoms with Crippen LogP contribution in [0.3, 0.4) is 0 Å². The van der Waals surface area contributed by atoms with Gasteiger partial charge in [-0.2, -0.15) is 0 Å². The number of carbonyl (C=O) groups excluding carboxylic acids is 2. The van der Waals surface area contributed by atoms with Crippen LogP contribution in [0.1, 0.15) is 26.2 Å². The molecule has 0 saturated carbocycles. The summed E-state index contributed by atoms with van der Waals surface area (Å²) in [6.45, 7) is 3.38. The fourth-order valence-electron chi connectivity index (χ4n) is 1.76. The van der Waals surface area contributed by atoms with Crippen LogP contribution in [-0.4, -0.2) is 55.0 Å². The highest BCUT2D eigenvalue weighted by atomic mass is 16.2. The normalized spacial score (nSPS) is 17.8. The highest BCUT2D eigenvalue weighted by Gasteiger charge is 2.23. The first-order valence-electron chi connectivity index (χ1n) is 5.79. The third-order valence-electron chi connectivity index (χ3n) is 2.78. The molecule has 0 aromatic rings. The van der Waals surface area contributed by atoms with E-state index in [0.29, 0.717) is 0 Å². The minimum Gasteiger partial charge on any atom is -0.341 e. The Morgan fingerprint density at radius 1 is 1.19 bits per heavy atom.